The van der Waals surface area contributed by atoms with E-state index in [1.165, 1.54) is 87.4 Å². The maximum atomic E-state index is 2.46. The smallest absolute Gasteiger partial charge is 0.0548 e. The van der Waals surface area contributed by atoms with Gasteiger partial charge >= 0.3 is 0 Å². The molecule has 52 heavy (non-hydrogen) atoms. The highest BCUT2D eigenvalue weighted by Gasteiger charge is 2.20. The van der Waals surface area contributed by atoms with Gasteiger partial charge in [-0.15, -0.1) is 0 Å². The summed E-state index contributed by atoms with van der Waals surface area (Å²) >= 11 is 0. The third-order valence-electron chi connectivity index (χ3n) is 10.9. The lowest BCUT2D eigenvalue weighted by Gasteiger charge is -2.11. The lowest BCUT2D eigenvalue weighted by atomic mass is 10.0. The predicted molar refractivity (Wildman–Crippen MR) is 221 cm³/mol. The van der Waals surface area contributed by atoms with Crippen molar-refractivity contribution in [2.24, 2.45) is 0 Å². The van der Waals surface area contributed by atoms with Gasteiger partial charge in [0.2, 0.25) is 0 Å². The molecular formula is C50H32N2. The normalized spacial score (nSPS) is 11.8. The largest absolute Gasteiger partial charge is 0.309 e. The highest BCUT2D eigenvalue weighted by atomic mass is 15.0. The molecule has 11 aromatic rings. The standard InChI is InChI=1S/C50H32N2/c1-3-11-33(12-4-1)35-19-23-41(24-20-35)51-47-29-39-17-9-7-15-37(39)27-43(47)45-32-50-46(31-49(45)51)44-28-38-16-8-10-18-40(38)30-48(44)52(50)42-25-21-36(22-26-42)34-13-5-2-6-14-34/h1-32H. The summed E-state index contributed by atoms with van der Waals surface area (Å²) in [5.41, 5.74) is 12.0. The fourth-order valence-electron chi connectivity index (χ4n) is 8.32. The van der Waals surface area contributed by atoms with Crippen molar-refractivity contribution in [3.8, 4) is 33.6 Å². The summed E-state index contributed by atoms with van der Waals surface area (Å²) in [7, 11) is 0. The summed E-state index contributed by atoms with van der Waals surface area (Å²) in [6.45, 7) is 0. The van der Waals surface area contributed by atoms with Crippen LogP contribution in [0, 0.1) is 0 Å². The molecule has 0 saturated heterocycles. The quantitative estimate of drug-likeness (QED) is 0.178. The molecule has 0 unspecified atom stereocenters. The van der Waals surface area contributed by atoms with Crippen LogP contribution in [0.25, 0.3) is 98.8 Å². The molecule has 0 spiro atoms. The highest BCUT2D eigenvalue weighted by Crippen LogP contribution is 2.42. The van der Waals surface area contributed by atoms with Crippen LogP contribution in [0.4, 0.5) is 0 Å². The Morgan fingerprint density at radius 1 is 0.231 bits per heavy atom. The molecule has 2 heteroatoms. The first-order chi connectivity index (χ1) is 25.8. The summed E-state index contributed by atoms with van der Waals surface area (Å²) in [5, 5.41) is 9.97. The summed E-state index contributed by atoms with van der Waals surface area (Å²) in [6, 6.07) is 71.1. The average Bonchev–Trinajstić information content (AvgIpc) is 3.69. The third kappa shape index (κ3) is 4.44. The second kappa shape index (κ2) is 11.3. The maximum absolute atomic E-state index is 2.46. The molecule has 0 bridgehead atoms. The van der Waals surface area contributed by atoms with Crippen LogP contribution in [-0.4, -0.2) is 9.13 Å². The molecular weight excluding hydrogens is 629 g/mol. The highest BCUT2D eigenvalue weighted by molar-refractivity contribution is 6.21. The van der Waals surface area contributed by atoms with E-state index in [0.717, 1.165) is 11.4 Å². The minimum atomic E-state index is 1.15. The number of hydrogen-bond donors (Lipinski definition) is 0. The van der Waals surface area contributed by atoms with Gasteiger partial charge in [-0.3, -0.25) is 0 Å². The number of hydrogen-bond acceptors (Lipinski definition) is 0. The van der Waals surface area contributed by atoms with Crippen molar-refractivity contribution in [1.29, 1.82) is 0 Å². The SMILES string of the molecule is c1ccc(-c2ccc(-n3c4cc5ccccc5cc4c4cc5c(cc43)c3cc4ccccc4cc3n5-c3ccc(-c4ccccc4)cc3)cc2)cc1. The van der Waals surface area contributed by atoms with Gasteiger partial charge in [-0.25, -0.2) is 0 Å². The molecule has 0 saturated carbocycles. The van der Waals surface area contributed by atoms with Gasteiger partial charge in [0.05, 0.1) is 22.1 Å². The van der Waals surface area contributed by atoms with Crippen molar-refractivity contribution in [2.45, 2.75) is 0 Å². The van der Waals surface area contributed by atoms with Crippen molar-refractivity contribution in [3.05, 3.63) is 194 Å². The van der Waals surface area contributed by atoms with Crippen LogP contribution < -0.4 is 0 Å². The molecule has 0 fully saturated rings. The Morgan fingerprint density at radius 3 is 0.904 bits per heavy atom. The van der Waals surface area contributed by atoms with Crippen LogP contribution in [-0.2, 0) is 0 Å². The van der Waals surface area contributed by atoms with E-state index in [-0.39, 0.29) is 0 Å². The van der Waals surface area contributed by atoms with Crippen LogP contribution in [0.1, 0.15) is 0 Å². The molecule has 0 amide bonds. The summed E-state index contributed by atoms with van der Waals surface area (Å²) in [4.78, 5) is 0. The lowest BCUT2D eigenvalue weighted by molar-refractivity contribution is 1.18. The summed E-state index contributed by atoms with van der Waals surface area (Å²) in [5.74, 6) is 0. The molecule has 9 aromatic carbocycles. The van der Waals surface area contributed by atoms with Gasteiger partial charge in [0.1, 0.15) is 0 Å². The summed E-state index contributed by atoms with van der Waals surface area (Å²) in [6.07, 6.45) is 0. The fourth-order valence-corrected chi connectivity index (χ4v) is 8.32. The Kier molecular flexibility index (Phi) is 6.28. The van der Waals surface area contributed by atoms with Crippen molar-refractivity contribution in [2.75, 3.05) is 0 Å². The average molecular weight is 661 g/mol. The zero-order valence-corrected chi connectivity index (χ0v) is 28.4. The number of nitrogens with zero attached hydrogens (tertiary/aromatic N) is 2. The Labute approximate surface area is 301 Å². The Bertz CT molecular complexity index is 2910. The van der Waals surface area contributed by atoms with Gasteiger partial charge < -0.3 is 9.13 Å². The van der Waals surface area contributed by atoms with Crippen molar-refractivity contribution >= 4 is 65.2 Å². The molecule has 0 atom stereocenters. The van der Waals surface area contributed by atoms with Gasteiger partial charge in [0.25, 0.3) is 0 Å². The van der Waals surface area contributed by atoms with E-state index >= 15 is 0 Å². The number of aromatic nitrogens is 2. The second-order valence-corrected chi connectivity index (χ2v) is 13.8. The van der Waals surface area contributed by atoms with Gasteiger partial charge in [0, 0.05) is 32.9 Å². The van der Waals surface area contributed by atoms with E-state index in [9.17, 15) is 0 Å². The zero-order chi connectivity index (χ0) is 34.2. The van der Waals surface area contributed by atoms with Crippen molar-refractivity contribution in [1.82, 2.24) is 9.13 Å². The Hall–Kier alpha value is -6.90. The Morgan fingerprint density at radius 2 is 0.519 bits per heavy atom. The van der Waals surface area contributed by atoms with Crippen LogP contribution in [0.5, 0.6) is 0 Å². The molecule has 0 N–H and O–H groups in total. The maximum Gasteiger partial charge on any atom is 0.0548 e. The molecule has 2 heterocycles. The van der Waals surface area contributed by atoms with Crippen LogP contribution >= 0.6 is 0 Å². The van der Waals surface area contributed by atoms with Crippen LogP contribution in [0.15, 0.2) is 194 Å². The number of benzene rings is 9. The Balaban J connectivity index is 1.22. The molecule has 0 aliphatic heterocycles. The predicted octanol–water partition coefficient (Wildman–Crippen LogP) is 13.5. The van der Waals surface area contributed by atoms with Gasteiger partial charge in [-0.05, 0) is 104 Å². The van der Waals surface area contributed by atoms with Gasteiger partial charge in [0.15, 0.2) is 0 Å². The third-order valence-corrected chi connectivity index (χ3v) is 10.9. The van der Waals surface area contributed by atoms with E-state index < -0.39 is 0 Å². The monoisotopic (exact) mass is 660 g/mol. The van der Waals surface area contributed by atoms with Crippen molar-refractivity contribution < 1.29 is 0 Å². The first-order valence-electron chi connectivity index (χ1n) is 17.9. The molecule has 0 aliphatic rings. The lowest BCUT2D eigenvalue weighted by Crippen LogP contribution is -1.95. The molecule has 0 radical (unpaired) electrons. The summed E-state index contributed by atoms with van der Waals surface area (Å²) < 4.78 is 4.92. The number of fused-ring (bicyclic) bond motifs is 8. The molecule has 0 aliphatic carbocycles. The van der Waals surface area contributed by atoms with Crippen LogP contribution in [0.2, 0.25) is 0 Å². The molecule has 2 nitrogen and oxygen atoms in total. The minimum Gasteiger partial charge on any atom is -0.309 e. The van der Waals surface area contributed by atoms with Crippen LogP contribution in [0.3, 0.4) is 0 Å². The van der Waals surface area contributed by atoms with E-state index in [2.05, 4.69) is 203 Å². The van der Waals surface area contributed by atoms with E-state index in [4.69, 9.17) is 0 Å². The first-order valence-corrected chi connectivity index (χ1v) is 17.9. The van der Waals surface area contributed by atoms with E-state index in [1.807, 2.05) is 0 Å². The van der Waals surface area contributed by atoms with E-state index in [0.29, 0.717) is 0 Å². The zero-order valence-electron chi connectivity index (χ0n) is 28.4. The second-order valence-electron chi connectivity index (χ2n) is 13.8. The van der Waals surface area contributed by atoms with Gasteiger partial charge in [-0.1, -0.05) is 133 Å². The van der Waals surface area contributed by atoms with Gasteiger partial charge in [-0.2, -0.15) is 0 Å². The first kappa shape index (κ1) is 28.9. The fraction of sp³-hybridized carbons (Fsp3) is 0. The van der Waals surface area contributed by atoms with Crippen molar-refractivity contribution in [3.63, 3.8) is 0 Å². The minimum absolute atomic E-state index is 1.15. The number of rotatable bonds is 4. The molecule has 242 valence electrons. The molecule has 2 aromatic heterocycles. The van der Waals surface area contributed by atoms with E-state index in [1.54, 1.807) is 0 Å². The topological polar surface area (TPSA) is 9.86 Å². The molecule has 11 rings (SSSR count).